The number of nitrogens with two attached hydrogens (primary N) is 1. The van der Waals surface area contributed by atoms with Gasteiger partial charge in [0.1, 0.15) is 0 Å². The summed E-state index contributed by atoms with van der Waals surface area (Å²) in [6, 6.07) is 0.662. The summed E-state index contributed by atoms with van der Waals surface area (Å²) in [7, 11) is 0. The molecule has 3 unspecified atom stereocenters. The molecule has 1 amide bonds. The Kier molecular flexibility index (Phi) is 6.21. The first kappa shape index (κ1) is 13.8. The maximum absolute atomic E-state index is 11.8. The van der Waals surface area contributed by atoms with Crippen LogP contribution in [0.25, 0.3) is 0 Å². The summed E-state index contributed by atoms with van der Waals surface area (Å²) < 4.78 is 0. The van der Waals surface area contributed by atoms with Gasteiger partial charge in [0, 0.05) is 23.8 Å². The lowest BCUT2D eigenvalue weighted by atomic mass is 10.0. The Bertz CT molecular complexity index is 215. The minimum absolute atomic E-state index is 0.129. The number of nitrogens with one attached hydrogen (secondary N) is 1. The van der Waals surface area contributed by atoms with Gasteiger partial charge in [-0.1, -0.05) is 13.3 Å². The summed E-state index contributed by atoms with van der Waals surface area (Å²) in [5, 5.41) is 3.13. The Morgan fingerprint density at radius 1 is 1.50 bits per heavy atom. The molecule has 0 aromatic carbocycles. The Labute approximate surface area is 103 Å². The number of hydrogen-bond donors (Lipinski definition) is 2. The quantitative estimate of drug-likeness (QED) is 0.748. The second-order valence-corrected chi connectivity index (χ2v) is 6.03. The highest BCUT2D eigenvalue weighted by atomic mass is 32.2. The van der Waals surface area contributed by atoms with E-state index in [1.54, 1.807) is 0 Å². The number of amides is 1. The molecule has 1 aliphatic rings. The van der Waals surface area contributed by atoms with Crippen molar-refractivity contribution in [2.24, 2.45) is 11.7 Å². The van der Waals surface area contributed by atoms with E-state index >= 15 is 0 Å². The van der Waals surface area contributed by atoms with Crippen LogP contribution in [0.3, 0.4) is 0 Å². The lowest BCUT2D eigenvalue weighted by Crippen LogP contribution is -2.38. The summed E-state index contributed by atoms with van der Waals surface area (Å²) in [5.41, 5.74) is 5.68. The van der Waals surface area contributed by atoms with Crippen molar-refractivity contribution in [3.05, 3.63) is 0 Å². The third-order valence-corrected chi connectivity index (χ3v) is 4.18. The van der Waals surface area contributed by atoms with Crippen LogP contribution in [0.5, 0.6) is 0 Å². The van der Waals surface area contributed by atoms with Crippen LogP contribution in [-0.2, 0) is 4.79 Å². The zero-order valence-electron chi connectivity index (χ0n) is 10.4. The van der Waals surface area contributed by atoms with Gasteiger partial charge in [-0.05, 0) is 31.9 Å². The molecule has 0 aromatic rings. The van der Waals surface area contributed by atoms with Gasteiger partial charge in [-0.25, -0.2) is 0 Å². The van der Waals surface area contributed by atoms with E-state index in [-0.39, 0.29) is 17.9 Å². The molecular formula is C12H24N2OS. The Morgan fingerprint density at radius 3 is 2.81 bits per heavy atom. The fourth-order valence-corrected chi connectivity index (χ4v) is 3.02. The SMILES string of the molecule is CC(N)CCCC(C)C(=O)NC1CCSC1. The molecule has 1 heterocycles. The number of rotatable bonds is 6. The molecule has 4 heteroatoms. The zero-order chi connectivity index (χ0) is 12.0. The topological polar surface area (TPSA) is 55.1 Å². The van der Waals surface area contributed by atoms with E-state index in [0.717, 1.165) is 31.4 Å². The first-order valence-corrected chi connectivity index (χ1v) is 7.38. The fraction of sp³-hybridized carbons (Fsp3) is 0.917. The van der Waals surface area contributed by atoms with Crippen LogP contribution in [0.2, 0.25) is 0 Å². The van der Waals surface area contributed by atoms with Gasteiger partial charge < -0.3 is 11.1 Å². The monoisotopic (exact) mass is 244 g/mol. The van der Waals surface area contributed by atoms with E-state index in [2.05, 4.69) is 5.32 Å². The largest absolute Gasteiger partial charge is 0.352 e. The van der Waals surface area contributed by atoms with Crippen molar-refractivity contribution in [2.45, 2.75) is 51.6 Å². The number of thioether (sulfide) groups is 1. The van der Waals surface area contributed by atoms with E-state index in [1.807, 2.05) is 25.6 Å². The third kappa shape index (κ3) is 5.21. The van der Waals surface area contributed by atoms with E-state index in [9.17, 15) is 4.79 Å². The number of carbonyl (C=O) groups excluding carboxylic acids is 1. The van der Waals surface area contributed by atoms with Crippen molar-refractivity contribution in [3.63, 3.8) is 0 Å². The van der Waals surface area contributed by atoms with Gasteiger partial charge in [0.2, 0.25) is 5.91 Å². The molecule has 0 saturated carbocycles. The van der Waals surface area contributed by atoms with E-state index in [0.29, 0.717) is 6.04 Å². The minimum atomic E-state index is 0.129. The fourth-order valence-electron chi connectivity index (χ4n) is 1.87. The van der Waals surface area contributed by atoms with Gasteiger partial charge >= 0.3 is 0 Å². The Hall–Kier alpha value is -0.220. The molecule has 0 bridgehead atoms. The minimum Gasteiger partial charge on any atom is -0.352 e. The van der Waals surface area contributed by atoms with Crippen LogP contribution in [0.1, 0.15) is 39.5 Å². The second-order valence-electron chi connectivity index (χ2n) is 4.88. The highest BCUT2D eigenvalue weighted by Crippen LogP contribution is 2.18. The Balaban J connectivity index is 2.14. The van der Waals surface area contributed by atoms with Crippen molar-refractivity contribution >= 4 is 17.7 Å². The molecular weight excluding hydrogens is 220 g/mol. The molecule has 1 aliphatic heterocycles. The summed E-state index contributed by atoms with van der Waals surface area (Å²) in [6.45, 7) is 4.03. The predicted octanol–water partition coefficient (Wildman–Crippen LogP) is 1.76. The van der Waals surface area contributed by atoms with Crippen molar-refractivity contribution in [2.75, 3.05) is 11.5 Å². The number of hydrogen-bond acceptors (Lipinski definition) is 3. The molecule has 0 spiro atoms. The zero-order valence-corrected chi connectivity index (χ0v) is 11.2. The summed E-state index contributed by atoms with van der Waals surface area (Å²) in [6.07, 6.45) is 4.14. The van der Waals surface area contributed by atoms with Crippen LogP contribution in [-0.4, -0.2) is 29.5 Å². The van der Waals surface area contributed by atoms with Gasteiger partial charge in [-0.2, -0.15) is 11.8 Å². The maximum atomic E-state index is 11.8. The highest BCUT2D eigenvalue weighted by Gasteiger charge is 2.20. The first-order chi connectivity index (χ1) is 7.59. The molecule has 1 fully saturated rings. The second kappa shape index (κ2) is 7.17. The van der Waals surface area contributed by atoms with Crippen molar-refractivity contribution in [3.8, 4) is 0 Å². The molecule has 0 aliphatic carbocycles. The molecule has 0 radical (unpaired) electrons. The van der Waals surface area contributed by atoms with Crippen LogP contribution in [0.4, 0.5) is 0 Å². The molecule has 16 heavy (non-hydrogen) atoms. The van der Waals surface area contributed by atoms with Gasteiger partial charge in [-0.15, -0.1) is 0 Å². The molecule has 3 nitrogen and oxygen atoms in total. The normalized spacial score (nSPS) is 24.1. The molecule has 1 rings (SSSR count). The summed E-state index contributed by atoms with van der Waals surface area (Å²) in [5.74, 6) is 2.61. The Morgan fingerprint density at radius 2 is 2.25 bits per heavy atom. The van der Waals surface area contributed by atoms with Crippen LogP contribution < -0.4 is 11.1 Å². The van der Waals surface area contributed by atoms with Gasteiger partial charge in [-0.3, -0.25) is 4.79 Å². The average Bonchev–Trinajstić information content (AvgIpc) is 2.69. The average molecular weight is 244 g/mol. The lowest BCUT2D eigenvalue weighted by Gasteiger charge is -2.16. The lowest BCUT2D eigenvalue weighted by molar-refractivity contribution is -0.125. The molecule has 1 saturated heterocycles. The van der Waals surface area contributed by atoms with Crippen LogP contribution in [0, 0.1) is 5.92 Å². The van der Waals surface area contributed by atoms with Gasteiger partial charge in [0.15, 0.2) is 0 Å². The molecule has 3 atom stereocenters. The van der Waals surface area contributed by atoms with Crippen molar-refractivity contribution < 1.29 is 4.79 Å². The van der Waals surface area contributed by atoms with Crippen LogP contribution >= 0.6 is 11.8 Å². The van der Waals surface area contributed by atoms with Crippen LogP contribution in [0.15, 0.2) is 0 Å². The predicted molar refractivity (Wildman–Crippen MR) is 70.5 cm³/mol. The smallest absolute Gasteiger partial charge is 0.223 e. The highest BCUT2D eigenvalue weighted by molar-refractivity contribution is 7.99. The van der Waals surface area contributed by atoms with Gasteiger partial charge in [0.05, 0.1) is 0 Å². The standard InChI is InChI=1S/C12H24N2OS/c1-9(4-3-5-10(2)13)12(15)14-11-6-7-16-8-11/h9-11H,3-8,13H2,1-2H3,(H,14,15). The summed E-state index contributed by atoms with van der Waals surface area (Å²) >= 11 is 1.93. The number of carbonyl (C=O) groups is 1. The van der Waals surface area contributed by atoms with E-state index in [1.165, 1.54) is 5.75 Å². The van der Waals surface area contributed by atoms with Crippen molar-refractivity contribution in [1.82, 2.24) is 5.32 Å². The van der Waals surface area contributed by atoms with Gasteiger partial charge in [0.25, 0.3) is 0 Å². The van der Waals surface area contributed by atoms with Crippen molar-refractivity contribution in [1.29, 1.82) is 0 Å². The van der Waals surface area contributed by atoms with E-state index in [4.69, 9.17) is 5.73 Å². The van der Waals surface area contributed by atoms with E-state index < -0.39 is 0 Å². The molecule has 94 valence electrons. The first-order valence-electron chi connectivity index (χ1n) is 6.23. The molecule has 0 aromatic heterocycles. The molecule has 3 N–H and O–H groups in total. The maximum Gasteiger partial charge on any atom is 0.223 e. The third-order valence-electron chi connectivity index (χ3n) is 3.02. The summed E-state index contributed by atoms with van der Waals surface area (Å²) in [4.78, 5) is 11.8.